The molecule has 2 aromatic carbocycles. The lowest BCUT2D eigenvalue weighted by Crippen LogP contribution is -2.41. The van der Waals surface area contributed by atoms with Crippen molar-refractivity contribution in [3.05, 3.63) is 59.9 Å². The molecule has 0 spiro atoms. The van der Waals surface area contributed by atoms with Crippen molar-refractivity contribution < 1.29 is 34.3 Å². The molecule has 1 aromatic heterocycles. The number of amides is 3. The average Bonchev–Trinajstić information content (AvgIpc) is 3.48. The Morgan fingerprint density at radius 1 is 0.974 bits per heavy atom. The summed E-state index contributed by atoms with van der Waals surface area (Å²) in [6.07, 6.45) is 0.509. The van der Waals surface area contributed by atoms with Gasteiger partial charge < -0.3 is 14.6 Å². The molecule has 6 rings (SSSR count). The van der Waals surface area contributed by atoms with E-state index < -0.39 is 17.6 Å². The highest BCUT2D eigenvalue weighted by Crippen LogP contribution is 2.41. The van der Waals surface area contributed by atoms with Crippen LogP contribution >= 0.6 is 11.8 Å². The van der Waals surface area contributed by atoms with Crippen molar-refractivity contribution in [2.75, 3.05) is 23.7 Å². The molecule has 2 N–H and O–H groups in total. The van der Waals surface area contributed by atoms with E-state index in [1.54, 1.807) is 17.0 Å². The van der Waals surface area contributed by atoms with Gasteiger partial charge in [-0.15, -0.1) is 0 Å². The van der Waals surface area contributed by atoms with Crippen LogP contribution in [-0.2, 0) is 19.1 Å². The number of anilines is 1. The van der Waals surface area contributed by atoms with Crippen LogP contribution in [0.1, 0.15) is 39.7 Å². The zero-order chi connectivity index (χ0) is 27.9. The maximum Gasteiger partial charge on any atom is 0.288 e. The Hall–Kier alpha value is -3.61. The predicted molar refractivity (Wildman–Crippen MR) is 146 cm³/mol. The molecule has 12 heteroatoms. The third-order valence-electron chi connectivity index (χ3n) is 6.04. The van der Waals surface area contributed by atoms with Gasteiger partial charge in [-0.2, -0.15) is 0 Å². The predicted octanol–water partition coefficient (Wildman–Crippen LogP) is 4.00. The number of benzene rings is 2. The molecule has 3 saturated heterocycles. The molecule has 4 heterocycles. The molecule has 208 valence electrons. The van der Waals surface area contributed by atoms with E-state index in [1.165, 1.54) is 17.8 Å². The van der Waals surface area contributed by atoms with E-state index in [2.05, 4.69) is 24.3 Å². The van der Waals surface area contributed by atoms with Crippen molar-refractivity contribution in [3.63, 3.8) is 0 Å². The number of nitrogens with zero attached hydrogens (tertiary/aromatic N) is 2. The van der Waals surface area contributed by atoms with Gasteiger partial charge in [0.15, 0.2) is 17.4 Å². The first-order valence-electron chi connectivity index (χ1n) is 12.5. The molecule has 0 aliphatic carbocycles. The zero-order valence-corrected chi connectivity index (χ0v) is 22.3. The molecule has 3 fully saturated rings. The van der Waals surface area contributed by atoms with Crippen LogP contribution in [0.3, 0.4) is 0 Å². The van der Waals surface area contributed by atoms with Crippen LogP contribution in [0, 0.1) is 5.82 Å². The summed E-state index contributed by atoms with van der Waals surface area (Å²) in [7, 11) is 0. The number of ketones is 1. The van der Waals surface area contributed by atoms with Gasteiger partial charge in [-0.05, 0) is 31.5 Å². The number of Topliss-reactive ketones (excluding diaryl/α,β-unsaturated/α-hetero) is 1. The molecule has 3 atom stereocenters. The van der Waals surface area contributed by atoms with Gasteiger partial charge in [-0.25, -0.2) is 4.39 Å². The summed E-state index contributed by atoms with van der Waals surface area (Å²) < 4.78 is 24.3. The van der Waals surface area contributed by atoms with Gasteiger partial charge in [0.2, 0.25) is 17.4 Å². The van der Waals surface area contributed by atoms with E-state index in [-0.39, 0.29) is 36.9 Å². The lowest BCUT2D eigenvalue weighted by Gasteiger charge is -2.25. The molecule has 3 aliphatic rings. The minimum Gasteiger partial charge on any atom is -0.373 e. The number of rotatable bonds is 2. The highest BCUT2D eigenvalue weighted by atomic mass is 32.2. The van der Waals surface area contributed by atoms with Gasteiger partial charge in [0.1, 0.15) is 0 Å². The number of hydrogen-bond acceptors (Lipinski definition) is 9. The van der Waals surface area contributed by atoms with Crippen molar-refractivity contribution in [2.24, 2.45) is 0 Å². The second kappa shape index (κ2) is 13.0. The summed E-state index contributed by atoms with van der Waals surface area (Å²) in [6, 6.07) is 14.2. The number of ether oxygens (including phenoxy) is 1. The molecule has 3 aliphatic heterocycles. The van der Waals surface area contributed by atoms with Crippen molar-refractivity contribution >= 4 is 51.4 Å². The van der Waals surface area contributed by atoms with Crippen molar-refractivity contribution in [1.29, 1.82) is 0 Å². The Balaban J connectivity index is 0.000000203. The Labute approximate surface area is 230 Å². The summed E-state index contributed by atoms with van der Waals surface area (Å²) in [4.78, 5) is 45.0. The molecular formula is C27H31FN4O6S. The van der Waals surface area contributed by atoms with E-state index in [4.69, 9.17) is 9.26 Å². The van der Waals surface area contributed by atoms with Crippen LogP contribution in [0.4, 0.5) is 15.0 Å². The van der Waals surface area contributed by atoms with Crippen molar-refractivity contribution in [1.82, 2.24) is 15.8 Å². The molecule has 0 radical (unpaired) electrons. The van der Waals surface area contributed by atoms with E-state index in [0.29, 0.717) is 29.2 Å². The topological polar surface area (TPSA) is 131 Å². The lowest BCUT2D eigenvalue weighted by molar-refractivity contribution is -0.138. The Morgan fingerprint density at radius 2 is 1.64 bits per heavy atom. The smallest absolute Gasteiger partial charge is 0.288 e. The molecule has 3 aromatic rings. The fraction of sp³-hybridized carbons (Fsp3) is 0.370. The summed E-state index contributed by atoms with van der Waals surface area (Å²) in [5, 5.41) is 9.62. The number of carbonyl (C=O) groups excluding carboxylic acids is 4. The quantitative estimate of drug-likeness (QED) is 0.354. The number of thioether (sulfide) groups is 1. The van der Waals surface area contributed by atoms with Crippen LogP contribution in [0.25, 0.3) is 11.0 Å². The fourth-order valence-corrected chi connectivity index (χ4v) is 5.31. The van der Waals surface area contributed by atoms with Gasteiger partial charge in [0, 0.05) is 20.3 Å². The first-order chi connectivity index (χ1) is 18.7. The fourth-order valence-electron chi connectivity index (χ4n) is 4.31. The Bertz CT molecular complexity index is 1300. The van der Waals surface area contributed by atoms with Gasteiger partial charge in [-0.3, -0.25) is 29.4 Å². The number of carbonyl (C=O) groups is 4. The number of piperidine rings is 1. The second-order valence-corrected chi connectivity index (χ2v) is 10.2. The van der Waals surface area contributed by atoms with Crippen molar-refractivity contribution in [3.8, 4) is 0 Å². The van der Waals surface area contributed by atoms with E-state index in [1.807, 2.05) is 35.6 Å². The number of para-hydroxylation sites is 1. The Morgan fingerprint density at radius 3 is 2.23 bits per heavy atom. The molecular weight excluding hydrogens is 527 g/mol. The molecule has 0 saturated carbocycles. The monoisotopic (exact) mass is 558 g/mol. The zero-order valence-electron chi connectivity index (χ0n) is 21.5. The average molecular weight is 559 g/mol. The molecule has 0 bridgehead atoms. The highest BCUT2D eigenvalue weighted by Gasteiger charge is 2.37. The number of morpholine rings is 1. The van der Waals surface area contributed by atoms with E-state index >= 15 is 0 Å². The molecule has 0 unspecified atom stereocenters. The molecule has 39 heavy (non-hydrogen) atoms. The number of nitrogens with one attached hydrogen (secondary N) is 2. The minimum absolute atomic E-state index is 0. The number of imide groups is 1. The van der Waals surface area contributed by atoms with Gasteiger partial charge >= 0.3 is 0 Å². The van der Waals surface area contributed by atoms with Crippen molar-refractivity contribution in [2.45, 2.75) is 44.9 Å². The number of hydrogen-bond donors (Lipinski definition) is 2. The summed E-state index contributed by atoms with van der Waals surface area (Å²) >= 11 is 1.23. The largest absolute Gasteiger partial charge is 0.373 e. The first kappa shape index (κ1) is 28.4. The molecule has 3 amide bonds. The highest BCUT2D eigenvalue weighted by molar-refractivity contribution is 8.14. The molecule has 10 nitrogen and oxygen atoms in total. The minimum atomic E-state index is -0.490. The van der Waals surface area contributed by atoms with Crippen LogP contribution in [0.2, 0.25) is 0 Å². The van der Waals surface area contributed by atoms with Crippen LogP contribution < -0.4 is 15.5 Å². The SMILES string of the molecule is C[C@@H]1CNC[C@H](C)O1.O=C1CC(=O)NC(=O)C1.O=C1SC[C@H](c2ccccc2)N1c1noc2c(F)cccc12.[HH]. The normalized spacial score (nSPS) is 23.1. The third kappa shape index (κ3) is 7.28. The number of aromatic nitrogens is 1. The lowest BCUT2D eigenvalue weighted by atomic mass is 10.1. The van der Waals surface area contributed by atoms with Crippen LogP contribution in [0.5, 0.6) is 0 Å². The van der Waals surface area contributed by atoms with Crippen LogP contribution in [0.15, 0.2) is 53.1 Å². The number of fused-ring (bicyclic) bond motifs is 1. The van der Waals surface area contributed by atoms with Gasteiger partial charge in [-0.1, -0.05) is 53.3 Å². The van der Waals surface area contributed by atoms with Crippen LogP contribution in [-0.4, -0.2) is 59.0 Å². The maximum absolute atomic E-state index is 13.8. The standard InChI is InChI=1S/C16H11FN2O2S.C6H13NO.C5H5NO3.H2/c17-12-8-4-7-11-14(12)21-18-15(11)19-13(9-22-16(19)20)10-5-2-1-3-6-10;1-5-3-7-4-6(2)8-5;7-3-1-4(8)6-5(9)2-3;/h1-8,13H,9H2;5-7H,3-4H2,1-2H3;1-2H2,(H,6,8,9);1H/t13-;5-,6+;;/m1.../s1. The summed E-state index contributed by atoms with van der Waals surface area (Å²) in [6.45, 7) is 6.18. The van der Waals surface area contributed by atoms with Gasteiger partial charge in [0.25, 0.3) is 5.24 Å². The summed E-state index contributed by atoms with van der Waals surface area (Å²) in [5.74, 6) is -0.756. The van der Waals surface area contributed by atoms with E-state index in [0.717, 1.165) is 18.7 Å². The second-order valence-electron chi connectivity index (χ2n) is 9.28. The van der Waals surface area contributed by atoms with Gasteiger partial charge in [0.05, 0.1) is 36.5 Å². The maximum atomic E-state index is 13.8. The summed E-state index contributed by atoms with van der Waals surface area (Å²) in [5.41, 5.74) is 1.10. The number of halogens is 1. The van der Waals surface area contributed by atoms with E-state index in [9.17, 15) is 23.6 Å². The third-order valence-corrected chi connectivity index (χ3v) is 6.97. The first-order valence-corrected chi connectivity index (χ1v) is 13.5. The Kier molecular flexibility index (Phi) is 9.44.